The first-order valence-electron chi connectivity index (χ1n) is 7.39. The quantitative estimate of drug-likeness (QED) is 0.839. The number of nitrogens with zero attached hydrogens (tertiary/aromatic N) is 1. The van der Waals surface area contributed by atoms with Gasteiger partial charge in [-0.25, -0.2) is 0 Å². The Kier molecular flexibility index (Phi) is 5.67. The van der Waals surface area contributed by atoms with Gasteiger partial charge in [-0.15, -0.1) is 11.8 Å². The molecule has 0 aromatic heterocycles. The van der Waals surface area contributed by atoms with Crippen LogP contribution < -0.4 is 5.32 Å². The minimum Gasteiger partial charge on any atom is -0.392 e. The third-order valence-corrected chi connectivity index (χ3v) is 5.04. The zero-order chi connectivity index (χ0) is 15.4. The predicted molar refractivity (Wildman–Crippen MR) is 87.7 cm³/mol. The standard InChI is InChI=1S/C16H24N2O2S/c1-11-8-9-18(10-14(11)19)12(2)16(20)17-13-6-4-5-7-15(13)21-3/h4-7,11-12,14,19H,8-10H2,1-3H3,(H,17,20). The zero-order valence-electron chi connectivity index (χ0n) is 12.9. The number of thioether (sulfide) groups is 1. The number of piperidine rings is 1. The lowest BCUT2D eigenvalue weighted by Gasteiger charge is -2.37. The summed E-state index contributed by atoms with van der Waals surface area (Å²) in [5.74, 6) is 0.298. The van der Waals surface area contributed by atoms with Crippen molar-refractivity contribution in [3.8, 4) is 0 Å². The van der Waals surface area contributed by atoms with E-state index in [2.05, 4.69) is 17.1 Å². The highest BCUT2D eigenvalue weighted by Gasteiger charge is 2.30. The molecule has 3 unspecified atom stereocenters. The monoisotopic (exact) mass is 308 g/mol. The first kappa shape index (κ1) is 16.3. The predicted octanol–water partition coefficient (Wildman–Crippen LogP) is 2.44. The number of nitrogens with one attached hydrogen (secondary N) is 1. The number of aliphatic hydroxyl groups is 1. The summed E-state index contributed by atoms with van der Waals surface area (Å²) in [6.45, 7) is 5.39. The molecule has 1 saturated heterocycles. The topological polar surface area (TPSA) is 52.6 Å². The highest BCUT2D eigenvalue weighted by atomic mass is 32.2. The number of benzene rings is 1. The summed E-state index contributed by atoms with van der Waals surface area (Å²) in [6, 6.07) is 7.57. The first-order chi connectivity index (χ1) is 10.0. The van der Waals surface area contributed by atoms with Crippen LogP contribution >= 0.6 is 11.8 Å². The number of aliphatic hydroxyl groups excluding tert-OH is 1. The minimum atomic E-state index is -0.340. The lowest BCUT2D eigenvalue weighted by Crippen LogP contribution is -2.50. The summed E-state index contributed by atoms with van der Waals surface area (Å²) >= 11 is 1.62. The number of amides is 1. The Balaban J connectivity index is 1.99. The fourth-order valence-electron chi connectivity index (χ4n) is 2.58. The van der Waals surface area contributed by atoms with E-state index >= 15 is 0 Å². The molecule has 1 aromatic carbocycles. The maximum atomic E-state index is 12.4. The number of carbonyl (C=O) groups is 1. The van der Waals surface area contributed by atoms with Crippen LogP contribution in [0.15, 0.2) is 29.2 Å². The van der Waals surface area contributed by atoms with Gasteiger partial charge < -0.3 is 10.4 Å². The van der Waals surface area contributed by atoms with Crippen LogP contribution in [0.2, 0.25) is 0 Å². The molecule has 1 aliphatic rings. The van der Waals surface area contributed by atoms with E-state index in [-0.39, 0.29) is 18.1 Å². The van der Waals surface area contributed by atoms with Crippen molar-refractivity contribution in [1.82, 2.24) is 4.90 Å². The number of rotatable bonds is 4. The van der Waals surface area contributed by atoms with Crippen molar-refractivity contribution in [2.24, 2.45) is 5.92 Å². The van der Waals surface area contributed by atoms with Crippen LogP contribution in [0.3, 0.4) is 0 Å². The summed E-state index contributed by atoms with van der Waals surface area (Å²) in [5, 5.41) is 13.0. The molecule has 3 atom stereocenters. The molecule has 116 valence electrons. The molecule has 1 fully saturated rings. The smallest absolute Gasteiger partial charge is 0.241 e. The summed E-state index contributed by atoms with van der Waals surface area (Å²) in [4.78, 5) is 15.5. The van der Waals surface area contributed by atoms with Gasteiger partial charge in [0.1, 0.15) is 0 Å². The number of β-amino-alcohol motifs (C(OH)–C–C–N with tert-alkyl or cyclic N) is 1. The molecular formula is C16H24N2O2S. The van der Waals surface area contributed by atoms with E-state index < -0.39 is 0 Å². The van der Waals surface area contributed by atoms with E-state index in [1.807, 2.05) is 37.4 Å². The van der Waals surface area contributed by atoms with E-state index in [0.29, 0.717) is 12.5 Å². The van der Waals surface area contributed by atoms with Gasteiger partial charge in [0.05, 0.1) is 17.8 Å². The molecule has 4 nitrogen and oxygen atoms in total. The summed E-state index contributed by atoms with van der Waals surface area (Å²) < 4.78 is 0. The summed E-state index contributed by atoms with van der Waals surface area (Å²) in [6.07, 6.45) is 2.59. The minimum absolute atomic E-state index is 0.0155. The molecule has 1 aromatic rings. The van der Waals surface area contributed by atoms with E-state index in [1.54, 1.807) is 11.8 Å². The van der Waals surface area contributed by atoms with Gasteiger partial charge in [0, 0.05) is 11.4 Å². The number of likely N-dealkylation sites (tertiary alicyclic amines) is 1. The average Bonchev–Trinajstić information content (AvgIpc) is 2.49. The molecule has 2 rings (SSSR count). The third kappa shape index (κ3) is 3.99. The lowest BCUT2D eigenvalue weighted by molar-refractivity contribution is -0.122. The van der Waals surface area contributed by atoms with Gasteiger partial charge in [0.25, 0.3) is 0 Å². The van der Waals surface area contributed by atoms with Crippen LogP contribution in [-0.4, -0.2) is 47.4 Å². The van der Waals surface area contributed by atoms with Crippen molar-refractivity contribution >= 4 is 23.4 Å². The lowest BCUT2D eigenvalue weighted by atomic mass is 9.95. The molecule has 0 saturated carbocycles. The van der Waals surface area contributed by atoms with Crippen molar-refractivity contribution in [2.75, 3.05) is 24.7 Å². The third-order valence-electron chi connectivity index (χ3n) is 4.24. The van der Waals surface area contributed by atoms with Crippen LogP contribution in [0.5, 0.6) is 0 Å². The number of carbonyl (C=O) groups excluding carboxylic acids is 1. The first-order valence-corrected chi connectivity index (χ1v) is 8.61. The second-order valence-corrected chi connectivity index (χ2v) is 6.54. The van der Waals surface area contributed by atoms with Crippen LogP contribution in [0.25, 0.3) is 0 Å². The molecule has 21 heavy (non-hydrogen) atoms. The van der Waals surface area contributed by atoms with Crippen LogP contribution in [0.1, 0.15) is 20.3 Å². The van der Waals surface area contributed by atoms with Crippen LogP contribution in [0.4, 0.5) is 5.69 Å². The maximum absolute atomic E-state index is 12.4. The van der Waals surface area contributed by atoms with E-state index in [1.165, 1.54) is 0 Å². The Hall–Kier alpha value is -1.04. The maximum Gasteiger partial charge on any atom is 0.241 e. The van der Waals surface area contributed by atoms with E-state index in [4.69, 9.17) is 0 Å². The molecule has 2 N–H and O–H groups in total. The Morgan fingerprint density at radius 1 is 1.48 bits per heavy atom. The summed E-state index contributed by atoms with van der Waals surface area (Å²) in [5.41, 5.74) is 0.854. The molecule has 1 heterocycles. The van der Waals surface area contributed by atoms with Crippen molar-refractivity contribution in [2.45, 2.75) is 37.3 Å². The number of hydrogen-bond donors (Lipinski definition) is 2. The van der Waals surface area contributed by atoms with Gasteiger partial charge in [-0.05, 0) is 44.2 Å². The molecule has 0 aliphatic carbocycles. The normalized spacial score (nSPS) is 24.6. The Bertz CT molecular complexity index is 495. The van der Waals surface area contributed by atoms with Gasteiger partial charge in [0.2, 0.25) is 5.91 Å². The van der Waals surface area contributed by atoms with Gasteiger partial charge >= 0.3 is 0 Å². The van der Waals surface area contributed by atoms with Crippen molar-refractivity contribution in [3.63, 3.8) is 0 Å². The molecule has 1 aliphatic heterocycles. The second-order valence-electron chi connectivity index (χ2n) is 5.69. The molecule has 0 spiro atoms. The Labute approximate surface area is 130 Å². The van der Waals surface area contributed by atoms with Gasteiger partial charge in [0.15, 0.2) is 0 Å². The van der Waals surface area contributed by atoms with Gasteiger partial charge in [-0.3, -0.25) is 9.69 Å². The highest BCUT2D eigenvalue weighted by Crippen LogP contribution is 2.25. The molecule has 0 bridgehead atoms. The van der Waals surface area contributed by atoms with Crippen molar-refractivity contribution < 1.29 is 9.90 Å². The van der Waals surface area contributed by atoms with Gasteiger partial charge in [-0.1, -0.05) is 19.1 Å². The second kappa shape index (κ2) is 7.29. The Morgan fingerprint density at radius 2 is 2.19 bits per heavy atom. The van der Waals surface area contributed by atoms with Crippen molar-refractivity contribution in [1.29, 1.82) is 0 Å². The number of hydrogen-bond acceptors (Lipinski definition) is 4. The molecule has 1 amide bonds. The molecular weight excluding hydrogens is 284 g/mol. The van der Waals surface area contributed by atoms with Crippen molar-refractivity contribution in [3.05, 3.63) is 24.3 Å². The summed E-state index contributed by atoms with van der Waals surface area (Å²) in [7, 11) is 0. The van der Waals surface area contributed by atoms with Gasteiger partial charge in [-0.2, -0.15) is 0 Å². The fourth-order valence-corrected chi connectivity index (χ4v) is 3.13. The Morgan fingerprint density at radius 3 is 2.86 bits per heavy atom. The van der Waals surface area contributed by atoms with E-state index in [9.17, 15) is 9.90 Å². The van der Waals surface area contributed by atoms with Crippen LogP contribution in [-0.2, 0) is 4.79 Å². The largest absolute Gasteiger partial charge is 0.392 e. The van der Waals surface area contributed by atoms with Crippen LogP contribution in [0, 0.1) is 5.92 Å². The fraction of sp³-hybridized carbons (Fsp3) is 0.562. The zero-order valence-corrected chi connectivity index (χ0v) is 13.7. The number of para-hydroxylation sites is 1. The number of anilines is 1. The molecule has 0 radical (unpaired) electrons. The van der Waals surface area contributed by atoms with E-state index in [0.717, 1.165) is 23.5 Å². The SMILES string of the molecule is CSc1ccccc1NC(=O)C(C)N1CCC(C)C(O)C1. The average molecular weight is 308 g/mol. The highest BCUT2D eigenvalue weighted by molar-refractivity contribution is 7.98. The molecule has 5 heteroatoms.